The average Bonchev–Trinajstić information content (AvgIpc) is 2.26. The van der Waals surface area contributed by atoms with Crippen LogP contribution in [0.3, 0.4) is 0 Å². The zero-order valence-corrected chi connectivity index (χ0v) is 18.2. The molecule has 0 nitrogen and oxygen atoms in total. The summed E-state index contributed by atoms with van der Waals surface area (Å²) in [5.41, 5.74) is 3.38. The van der Waals surface area contributed by atoms with E-state index >= 15 is 0 Å². The lowest BCUT2D eigenvalue weighted by Gasteiger charge is -2.27. The number of halogens is 2. The van der Waals surface area contributed by atoms with E-state index in [1.165, 1.54) is 25.7 Å². The molecule has 1 rings (SSSR count). The van der Waals surface area contributed by atoms with Gasteiger partial charge in [0.25, 0.3) is 0 Å². The Balaban J connectivity index is 3.15. The number of rotatable bonds is 3. The van der Waals surface area contributed by atoms with Gasteiger partial charge in [-0.3, -0.25) is 0 Å². The fourth-order valence-electron chi connectivity index (χ4n) is 2.10. The maximum absolute atomic E-state index is 2.64. The first-order valence-corrected chi connectivity index (χ1v) is 13.2. The van der Waals surface area contributed by atoms with Crippen molar-refractivity contribution in [1.82, 2.24) is 0 Å². The summed E-state index contributed by atoms with van der Waals surface area (Å²) in [5, 5.41) is 0.692. The van der Waals surface area contributed by atoms with E-state index in [1.54, 1.807) is 17.3 Å². The SMILES string of the molecule is CC(C)S/C(I)=C1\CCCC\C1=C(\I)[Si](C)(C)C. The first-order valence-electron chi connectivity index (χ1n) is 6.68. The van der Waals surface area contributed by atoms with E-state index in [1.807, 2.05) is 11.8 Å². The summed E-state index contributed by atoms with van der Waals surface area (Å²) in [7, 11) is -1.16. The Morgan fingerprint density at radius 1 is 1.06 bits per heavy atom. The summed E-state index contributed by atoms with van der Waals surface area (Å²) in [6.07, 6.45) is 5.36. The van der Waals surface area contributed by atoms with Crippen molar-refractivity contribution in [3.63, 3.8) is 0 Å². The first-order chi connectivity index (χ1) is 8.23. The highest BCUT2D eigenvalue weighted by Crippen LogP contribution is 2.43. The van der Waals surface area contributed by atoms with Crippen LogP contribution < -0.4 is 0 Å². The second-order valence-corrected chi connectivity index (χ2v) is 16.7. The molecule has 1 aliphatic rings. The molecule has 1 fully saturated rings. The quantitative estimate of drug-likeness (QED) is 0.296. The summed E-state index contributed by atoms with van der Waals surface area (Å²) in [6.45, 7) is 12.0. The summed E-state index contributed by atoms with van der Waals surface area (Å²) in [6, 6.07) is 0. The summed E-state index contributed by atoms with van der Waals surface area (Å²) < 4.78 is 3.25. The average molecular weight is 506 g/mol. The monoisotopic (exact) mass is 506 g/mol. The van der Waals surface area contributed by atoms with Gasteiger partial charge >= 0.3 is 0 Å². The molecule has 0 aromatic carbocycles. The third-order valence-electron chi connectivity index (χ3n) is 2.97. The van der Waals surface area contributed by atoms with E-state index in [0.717, 1.165) is 0 Å². The van der Waals surface area contributed by atoms with Crippen molar-refractivity contribution in [2.45, 2.75) is 64.4 Å². The van der Waals surface area contributed by atoms with Gasteiger partial charge in [-0.1, -0.05) is 56.1 Å². The smallest absolute Gasteiger partial charge is 0.0858 e. The zero-order valence-electron chi connectivity index (χ0n) is 12.1. The molecule has 4 heteroatoms. The minimum atomic E-state index is -1.16. The Morgan fingerprint density at radius 2 is 1.56 bits per heavy atom. The van der Waals surface area contributed by atoms with Crippen LogP contribution >= 0.6 is 56.9 Å². The van der Waals surface area contributed by atoms with Crippen molar-refractivity contribution >= 4 is 65.0 Å². The molecule has 0 atom stereocenters. The number of allylic oxidation sites excluding steroid dienone is 2. The fourth-order valence-corrected chi connectivity index (χ4v) is 6.77. The predicted octanol–water partition coefficient (Wildman–Crippen LogP) is 6.92. The third-order valence-corrected chi connectivity index (χ3v) is 12.4. The number of hydrogen-bond donors (Lipinski definition) is 0. The van der Waals surface area contributed by atoms with Gasteiger partial charge in [-0.15, -0.1) is 11.8 Å². The molecule has 0 N–H and O–H groups in total. The Kier molecular flexibility index (Phi) is 7.31. The molecule has 0 aliphatic heterocycles. The van der Waals surface area contributed by atoms with Crippen molar-refractivity contribution in [3.05, 3.63) is 17.3 Å². The molecule has 0 amide bonds. The van der Waals surface area contributed by atoms with Crippen LogP contribution in [-0.2, 0) is 0 Å². The highest BCUT2D eigenvalue weighted by atomic mass is 127. The van der Waals surface area contributed by atoms with E-state index in [0.29, 0.717) is 5.25 Å². The fraction of sp³-hybridized carbons (Fsp3) is 0.714. The molecule has 104 valence electrons. The van der Waals surface area contributed by atoms with Crippen molar-refractivity contribution in [2.75, 3.05) is 0 Å². The normalized spacial score (nSPS) is 23.3. The summed E-state index contributed by atoms with van der Waals surface area (Å²) >= 11 is 7.25. The predicted molar refractivity (Wildman–Crippen MR) is 107 cm³/mol. The van der Waals surface area contributed by atoms with E-state index in [4.69, 9.17) is 0 Å². The Bertz CT molecular complexity index is 364. The molecule has 0 heterocycles. The molecule has 0 radical (unpaired) electrons. The molecule has 18 heavy (non-hydrogen) atoms. The van der Waals surface area contributed by atoms with Crippen molar-refractivity contribution in [1.29, 1.82) is 0 Å². The molecule has 1 saturated carbocycles. The molecular weight excluding hydrogens is 482 g/mol. The van der Waals surface area contributed by atoms with Gasteiger partial charge in [0, 0.05) is 8.16 Å². The van der Waals surface area contributed by atoms with Gasteiger partial charge in [-0.2, -0.15) is 0 Å². The molecule has 0 aromatic rings. The van der Waals surface area contributed by atoms with E-state index in [2.05, 4.69) is 78.7 Å². The second-order valence-electron chi connectivity index (χ2n) is 6.17. The molecule has 0 bridgehead atoms. The number of thioether (sulfide) groups is 1. The Morgan fingerprint density at radius 3 is 2.00 bits per heavy atom. The van der Waals surface area contributed by atoms with Crippen LogP contribution in [0.1, 0.15) is 39.5 Å². The molecule has 0 unspecified atom stereocenters. The van der Waals surface area contributed by atoms with Gasteiger partial charge in [0.05, 0.1) is 8.07 Å². The molecule has 0 aromatic heterocycles. The van der Waals surface area contributed by atoms with Gasteiger partial charge < -0.3 is 0 Å². The lowest BCUT2D eigenvalue weighted by Crippen LogP contribution is -2.23. The van der Waals surface area contributed by atoms with E-state index < -0.39 is 8.07 Å². The van der Waals surface area contributed by atoms with Crippen LogP contribution in [-0.4, -0.2) is 13.3 Å². The third kappa shape index (κ3) is 5.13. The van der Waals surface area contributed by atoms with Crippen molar-refractivity contribution < 1.29 is 0 Å². The standard InChI is InChI=1S/C14H24I2SSi/c1-10(2)17-13(15)11-8-6-7-9-12(11)14(16)18(3,4)5/h10H,6-9H2,1-5H3/b13-11+,14-12+. The topological polar surface area (TPSA) is 0 Å². The lowest BCUT2D eigenvalue weighted by atomic mass is 9.92. The highest BCUT2D eigenvalue weighted by Gasteiger charge is 2.25. The second kappa shape index (κ2) is 7.50. The Hall–Kier alpha value is 1.51. The van der Waals surface area contributed by atoms with Crippen LogP contribution in [0.2, 0.25) is 19.6 Å². The summed E-state index contributed by atoms with van der Waals surface area (Å²) in [5.74, 6) is 0. The first kappa shape index (κ1) is 17.6. The molecule has 0 saturated heterocycles. The minimum absolute atomic E-state index is 0.692. The van der Waals surface area contributed by atoms with Crippen molar-refractivity contribution in [2.24, 2.45) is 0 Å². The van der Waals surface area contributed by atoms with Gasteiger partial charge in [0.1, 0.15) is 0 Å². The molecule has 0 spiro atoms. The largest absolute Gasteiger partial charge is 0.116 e. The van der Waals surface area contributed by atoms with Crippen LogP contribution in [0.4, 0.5) is 0 Å². The lowest BCUT2D eigenvalue weighted by molar-refractivity contribution is 0.680. The highest BCUT2D eigenvalue weighted by molar-refractivity contribution is 14.1. The van der Waals surface area contributed by atoms with Gasteiger partial charge in [0.15, 0.2) is 0 Å². The van der Waals surface area contributed by atoms with Crippen LogP contribution in [0.15, 0.2) is 17.3 Å². The van der Waals surface area contributed by atoms with Gasteiger partial charge in [-0.25, -0.2) is 0 Å². The molecule has 1 aliphatic carbocycles. The van der Waals surface area contributed by atoms with Gasteiger partial charge in [0.2, 0.25) is 0 Å². The van der Waals surface area contributed by atoms with Crippen molar-refractivity contribution in [3.8, 4) is 0 Å². The molecular formula is C14H24I2SSi. The maximum atomic E-state index is 2.64. The zero-order chi connectivity index (χ0) is 13.9. The number of hydrogen-bond acceptors (Lipinski definition) is 1. The van der Waals surface area contributed by atoms with E-state index in [-0.39, 0.29) is 0 Å². The minimum Gasteiger partial charge on any atom is -0.116 e. The Labute approximate surface area is 145 Å². The maximum Gasteiger partial charge on any atom is 0.0858 e. The van der Waals surface area contributed by atoms with Gasteiger partial charge in [-0.05, 0) is 62.6 Å². The summed E-state index contributed by atoms with van der Waals surface area (Å²) in [4.78, 5) is 0. The van der Waals surface area contributed by atoms with Crippen LogP contribution in [0, 0.1) is 0 Å². The van der Waals surface area contributed by atoms with Crippen LogP contribution in [0.25, 0.3) is 0 Å². The van der Waals surface area contributed by atoms with E-state index in [9.17, 15) is 0 Å². The van der Waals surface area contributed by atoms with Crippen LogP contribution in [0.5, 0.6) is 0 Å².